The zero-order valence-corrected chi connectivity index (χ0v) is 15.7. The molecule has 6 heteroatoms. The normalized spacial score (nSPS) is 17.5. The van der Waals surface area contributed by atoms with Gasteiger partial charge in [-0.15, -0.1) is 0 Å². The van der Waals surface area contributed by atoms with Crippen LogP contribution >= 0.6 is 0 Å². The third-order valence-corrected chi connectivity index (χ3v) is 4.78. The lowest BCUT2D eigenvalue weighted by Gasteiger charge is -2.32. The lowest BCUT2D eigenvalue weighted by molar-refractivity contribution is -0.134. The molecule has 140 valence electrons. The summed E-state index contributed by atoms with van der Waals surface area (Å²) in [7, 11) is 4.15. The molecular weight excluding hydrogens is 328 g/mol. The van der Waals surface area contributed by atoms with Crippen molar-refractivity contribution in [2.75, 3.05) is 40.3 Å². The maximum atomic E-state index is 12.6. The van der Waals surface area contributed by atoms with Crippen molar-refractivity contribution < 1.29 is 9.53 Å². The van der Waals surface area contributed by atoms with Crippen molar-refractivity contribution in [2.45, 2.75) is 25.3 Å². The van der Waals surface area contributed by atoms with Gasteiger partial charge >= 0.3 is 0 Å². The Kier molecular flexibility index (Phi) is 6.28. The maximum Gasteiger partial charge on any atom is 0.260 e. The van der Waals surface area contributed by atoms with Crippen LogP contribution in [-0.4, -0.2) is 65.6 Å². The zero-order valence-electron chi connectivity index (χ0n) is 15.7. The van der Waals surface area contributed by atoms with Gasteiger partial charge in [-0.05, 0) is 39.1 Å². The second-order valence-corrected chi connectivity index (χ2v) is 7.06. The van der Waals surface area contributed by atoms with Crippen LogP contribution < -0.4 is 4.74 Å². The van der Waals surface area contributed by atoms with E-state index in [9.17, 15) is 4.79 Å². The van der Waals surface area contributed by atoms with Crippen LogP contribution in [0, 0.1) is 0 Å². The number of carbonyl (C=O) groups is 1. The number of aromatic nitrogens is 2. The van der Waals surface area contributed by atoms with E-state index in [2.05, 4.69) is 28.5 Å². The molecule has 3 rings (SSSR count). The van der Waals surface area contributed by atoms with Gasteiger partial charge in [0.1, 0.15) is 11.6 Å². The number of ether oxygens (including phenoxy) is 1. The summed E-state index contributed by atoms with van der Waals surface area (Å²) in [5, 5.41) is 0. The first kappa shape index (κ1) is 18.5. The van der Waals surface area contributed by atoms with E-state index in [1.807, 2.05) is 47.6 Å². The summed E-state index contributed by atoms with van der Waals surface area (Å²) in [6, 6.07) is 9.48. The monoisotopic (exact) mass is 356 g/mol. The van der Waals surface area contributed by atoms with Crippen molar-refractivity contribution in [3.63, 3.8) is 0 Å². The molecule has 2 heterocycles. The Morgan fingerprint density at radius 3 is 2.88 bits per heavy atom. The van der Waals surface area contributed by atoms with E-state index in [0.29, 0.717) is 5.92 Å². The Morgan fingerprint density at radius 2 is 2.12 bits per heavy atom. The van der Waals surface area contributed by atoms with E-state index >= 15 is 0 Å². The first-order chi connectivity index (χ1) is 12.6. The Morgan fingerprint density at radius 1 is 1.31 bits per heavy atom. The molecule has 1 atom stereocenters. The Labute approximate surface area is 155 Å². The fourth-order valence-electron chi connectivity index (χ4n) is 3.34. The SMILES string of the molecule is CN(C)CCn1ccnc1[C@H]1CCCN(C(=O)COc2ccccc2)C1. The highest BCUT2D eigenvalue weighted by Crippen LogP contribution is 2.26. The number of hydrogen-bond acceptors (Lipinski definition) is 4. The molecule has 0 radical (unpaired) electrons. The van der Waals surface area contributed by atoms with Crippen LogP contribution in [0.5, 0.6) is 5.75 Å². The molecule has 26 heavy (non-hydrogen) atoms. The predicted octanol–water partition coefficient (Wildman–Crippen LogP) is 2.23. The molecule has 0 spiro atoms. The van der Waals surface area contributed by atoms with Gasteiger partial charge in [0, 0.05) is 44.5 Å². The molecule has 1 aliphatic rings. The number of benzene rings is 1. The minimum Gasteiger partial charge on any atom is -0.484 e. The lowest BCUT2D eigenvalue weighted by Crippen LogP contribution is -2.42. The molecule has 1 aliphatic heterocycles. The van der Waals surface area contributed by atoms with Crippen LogP contribution in [0.3, 0.4) is 0 Å². The first-order valence-corrected chi connectivity index (χ1v) is 9.25. The summed E-state index contributed by atoms with van der Waals surface area (Å²) in [4.78, 5) is 21.2. The third kappa shape index (κ3) is 4.85. The van der Waals surface area contributed by atoms with Gasteiger partial charge in [0.2, 0.25) is 0 Å². The smallest absolute Gasteiger partial charge is 0.260 e. The molecule has 6 nitrogen and oxygen atoms in total. The quantitative estimate of drug-likeness (QED) is 0.763. The Hall–Kier alpha value is -2.34. The molecule has 2 aromatic rings. The molecule has 0 aliphatic carbocycles. The molecule has 1 aromatic carbocycles. The molecule has 1 fully saturated rings. The summed E-state index contributed by atoms with van der Waals surface area (Å²) in [5.74, 6) is 2.16. The van der Waals surface area contributed by atoms with Crippen molar-refractivity contribution in [3.8, 4) is 5.75 Å². The summed E-state index contributed by atoms with van der Waals surface area (Å²) >= 11 is 0. The summed E-state index contributed by atoms with van der Waals surface area (Å²) in [6.45, 7) is 3.50. The van der Waals surface area contributed by atoms with Gasteiger partial charge < -0.3 is 19.1 Å². The summed E-state index contributed by atoms with van der Waals surface area (Å²) in [6.07, 6.45) is 5.98. The topological polar surface area (TPSA) is 50.6 Å². The number of piperidine rings is 1. The molecule has 0 N–H and O–H groups in total. The van der Waals surface area contributed by atoms with Gasteiger partial charge in [0.15, 0.2) is 6.61 Å². The maximum absolute atomic E-state index is 12.6. The molecule has 0 saturated carbocycles. The van der Waals surface area contributed by atoms with Gasteiger partial charge in [0.05, 0.1) is 0 Å². The second kappa shape index (κ2) is 8.85. The zero-order chi connectivity index (χ0) is 18.4. The number of hydrogen-bond donors (Lipinski definition) is 0. The largest absolute Gasteiger partial charge is 0.484 e. The molecule has 0 unspecified atom stereocenters. The van der Waals surface area contributed by atoms with Crippen LogP contribution in [0.2, 0.25) is 0 Å². The van der Waals surface area contributed by atoms with Crippen molar-refractivity contribution in [1.29, 1.82) is 0 Å². The van der Waals surface area contributed by atoms with Gasteiger partial charge in [-0.1, -0.05) is 18.2 Å². The molecule has 1 aromatic heterocycles. The highest BCUT2D eigenvalue weighted by Gasteiger charge is 2.27. The first-order valence-electron chi connectivity index (χ1n) is 9.25. The van der Waals surface area contributed by atoms with Crippen LogP contribution in [-0.2, 0) is 11.3 Å². The van der Waals surface area contributed by atoms with Crippen molar-refractivity contribution >= 4 is 5.91 Å². The van der Waals surface area contributed by atoms with E-state index in [1.165, 1.54) is 0 Å². The standard InChI is InChI=1S/C20H28N4O2/c1-22(2)13-14-23-12-10-21-20(23)17-7-6-11-24(15-17)19(25)16-26-18-8-4-3-5-9-18/h3-5,8-10,12,17H,6-7,11,13-16H2,1-2H3/t17-/m0/s1. The molecule has 1 amide bonds. The van der Waals surface area contributed by atoms with Gasteiger partial charge in [-0.25, -0.2) is 4.98 Å². The van der Waals surface area contributed by atoms with Crippen LogP contribution in [0.25, 0.3) is 0 Å². The van der Waals surface area contributed by atoms with E-state index in [4.69, 9.17) is 4.74 Å². The number of imidazole rings is 1. The fraction of sp³-hybridized carbons (Fsp3) is 0.500. The fourth-order valence-corrected chi connectivity index (χ4v) is 3.34. The number of amides is 1. The average molecular weight is 356 g/mol. The van der Waals surface area contributed by atoms with E-state index in [1.54, 1.807) is 0 Å². The highest BCUT2D eigenvalue weighted by molar-refractivity contribution is 5.78. The molecule has 0 bridgehead atoms. The van der Waals surface area contributed by atoms with Gasteiger partial charge in [-0.3, -0.25) is 4.79 Å². The van der Waals surface area contributed by atoms with Crippen molar-refractivity contribution in [1.82, 2.24) is 19.4 Å². The number of likely N-dealkylation sites (N-methyl/N-ethyl adjacent to an activating group) is 1. The van der Waals surface area contributed by atoms with Gasteiger partial charge in [0.25, 0.3) is 5.91 Å². The molecular formula is C20H28N4O2. The number of rotatable bonds is 7. The third-order valence-electron chi connectivity index (χ3n) is 4.78. The molecule has 1 saturated heterocycles. The second-order valence-electron chi connectivity index (χ2n) is 7.06. The Bertz CT molecular complexity index is 699. The van der Waals surface area contributed by atoms with Crippen LogP contribution in [0.1, 0.15) is 24.6 Å². The van der Waals surface area contributed by atoms with Crippen molar-refractivity contribution in [2.24, 2.45) is 0 Å². The minimum atomic E-state index is 0.0463. The predicted molar refractivity (Wildman–Crippen MR) is 101 cm³/mol. The summed E-state index contributed by atoms with van der Waals surface area (Å²) in [5.41, 5.74) is 0. The van der Waals surface area contributed by atoms with E-state index in [-0.39, 0.29) is 12.5 Å². The van der Waals surface area contributed by atoms with Crippen LogP contribution in [0.4, 0.5) is 0 Å². The number of likely N-dealkylation sites (tertiary alicyclic amines) is 1. The summed E-state index contributed by atoms with van der Waals surface area (Å²) < 4.78 is 7.84. The van der Waals surface area contributed by atoms with E-state index in [0.717, 1.165) is 50.6 Å². The number of nitrogens with zero attached hydrogens (tertiary/aromatic N) is 4. The lowest BCUT2D eigenvalue weighted by atomic mass is 9.97. The highest BCUT2D eigenvalue weighted by atomic mass is 16.5. The average Bonchev–Trinajstić information content (AvgIpc) is 3.14. The minimum absolute atomic E-state index is 0.0463. The van der Waals surface area contributed by atoms with E-state index < -0.39 is 0 Å². The number of carbonyl (C=O) groups excluding carboxylic acids is 1. The number of para-hydroxylation sites is 1. The Balaban J connectivity index is 1.57. The van der Waals surface area contributed by atoms with Gasteiger partial charge in [-0.2, -0.15) is 0 Å². The van der Waals surface area contributed by atoms with Crippen molar-refractivity contribution in [3.05, 3.63) is 48.5 Å². The van der Waals surface area contributed by atoms with Crippen LogP contribution in [0.15, 0.2) is 42.7 Å².